The van der Waals surface area contributed by atoms with Crippen molar-refractivity contribution >= 4 is 11.8 Å². The Balaban J connectivity index is 0.000000223. The van der Waals surface area contributed by atoms with E-state index in [0.717, 1.165) is 33.8 Å². The largest absolute Gasteiger partial charge is 0.489 e. The SMILES string of the molecule is CN(C)C(=O)C(c1ccc(OCc2ccccc2)cc1)C1(O)CCOCC1.CN(C)C(=O)Cc1ccc(OCc2ccccc2)cc1. The molecule has 2 amide bonds. The summed E-state index contributed by atoms with van der Waals surface area (Å²) in [5.74, 6) is 0.937. The van der Waals surface area contributed by atoms with Crippen molar-refractivity contribution in [1.82, 2.24) is 9.80 Å². The van der Waals surface area contributed by atoms with E-state index >= 15 is 0 Å². The number of hydrogen-bond donors (Lipinski definition) is 1. The van der Waals surface area contributed by atoms with Gasteiger partial charge in [0.25, 0.3) is 0 Å². The van der Waals surface area contributed by atoms with Crippen LogP contribution < -0.4 is 9.47 Å². The van der Waals surface area contributed by atoms with E-state index in [4.69, 9.17) is 14.2 Å². The number of nitrogens with zero attached hydrogens (tertiary/aromatic N) is 2. The molecule has 1 unspecified atom stereocenters. The quantitative estimate of drug-likeness (QED) is 0.221. The van der Waals surface area contributed by atoms with E-state index in [1.54, 1.807) is 33.1 Å². The van der Waals surface area contributed by atoms with Gasteiger partial charge in [-0.3, -0.25) is 9.59 Å². The average molecular weight is 639 g/mol. The molecule has 0 bridgehead atoms. The highest BCUT2D eigenvalue weighted by molar-refractivity contribution is 5.85. The first-order valence-corrected chi connectivity index (χ1v) is 15.9. The van der Waals surface area contributed by atoms with Gasteiger partial charge in [0.1, 0.15) is 24.7 Å². The molecule has 0 spiro atoms. The van der Waals surface area contributed by atoms with Gasteiger partial charge in [0, 0.05) is 54.2 Å². The van der Waals surface area contributed by atoms with Gasteiger partial charge in [0.15, 0.2) is 0 Å². The highest BCUT2D eigenvalue weighted by Crippen LogP contribution is 2.38. The molecule has 5 rings (SSSR count). The first kappa shape index (κ1) is 35.2. The number of likely N-dealkylation sites (N-methyl/N-ethyl adjacent to an activating group) is 2. The molecule has 1 fully saturated rings. The van der Waals surface area contributed by atoms with Crippen LogP contribution in [0.25, 0.3) is 0 Å². The lowest BCUT2D eigenvalue weighted by molar-refractivity contribution is -0.143. The number of benzene rings is 4. The molecule has 8 nitrogen and oxygen atoms in total. The molecule has 0 saturated carbocycles. The Bertz CT molecular complexity index is 1520. The fourth-order valence-corrected chi connectivity index (χ4v) is 5.23. The first-order chi connectivity index (χ1) is 22.6. The summed E-state index contributed by atoms with van der Waals surface area (Å²) >= 11 is 0. The van der Waals surface area contributed by atoms with Crippen molar-refractivity contribution in [3.63, 3.8) is 0 Å². The van der Waals surface area contributed by atoms with E-state index in [9.17, 15) is 14.7 Å². The number of carbonyl (C=O) groups excluding carboxylic acids is 2. The van der Waals surface area contributed by atoms with Crippen molar-refractivity contribution in [3.8, 4) is 11.5 Å². The molecule has 1 aliphatic heterocycles. The number of ether oxygens (including phenoxy) is 3. The van der Waals surface area contributed by atoms with Crippen molar-refractivity contribution in [3.05, 3.63) is 131 Å². The first-order valence-electron chi connectivity index (χ1n) is 15.9. The Morgan fingerprint density at radius 3 is 1.60 bits per heavy atom. The van der Waals surface area contributed by atoms with Crippen LogP contribution in [0.4, 0.5) is 0 Å². The molecule has 47 heavy (non-hydrogen) atoms. The second-order valence-electron chi connectivity index (χ2n) is 12.1. The van der Waals surface area contributed by atoms with Crippen LogP contribution in [-0.2, 0) is 34.0 Å². The zero-order valence-electron chi connectivity index (χ0n) is 27.8. The van der Waals surface area contributed by atoms with E-state index in [1.165, 1.54) is 4.90 Å². The van der Waals surface area contributed by atoms with E-state index < -0.39 is 11.5 Å². The predicted octanol–water partition coefficient (Wildman–Crippen LogP) is 5.88. The van der Waals surface area contributed by atoms with Crippen molar-refractivity contribution < 1.29 is 28.9 Å². The summed E-state index contributed by atoms with van der Waals surface area (Å²) in [6, 6.07) is 35.1. The van der Waals surface area contributed by atoms with Crippen LogP contribution in [0.1, 0.15) is 41.0 Å². The van der Waals surface area contributed by atoms with E-state index in [2.05, 4.69) is 0 Å². The van der Waals surface area contributed by atoms with Crippen LogP contribution in [0.2, 0.25) is 0 Å². The van der Waals surface area contributed by atoms with Crippen LogP contribution in [0.3, 0.4) is 0 Å². The molecule has 0 radical (unpaired) electrons. The summed E-state index contributed by atoms with van der Waals surface area (Å²) in [6.45, 7) is 1.97. The molecule has 1 saturated heterocycles. The van der Waals surface area contributed by atoms with Crippen LogP contribution in [0.5, 0.6) is 11.5 Å². The molecule has 8 heteroatoms. The monoisotopic (exact) mass is 638 g/mol. The zero-order chi connectivity index (χ0) is 33.6. The zero-order valence-corrected chi connectivity index (χ0v) is 27.8. The van der Waals surface area contributed by atoms with Crippen LogP contribution in [0.15, 0.2) is 109 Å². The van der Waals surface area contributed by atoms with Gasteiger partial charge < -0.3 is 29.1 Å². The Labute approximate surface area is 278 Å². The average Bonchev–Trinajstić information content (AvgIpc) is 3.09. The molecule has 0 aliphatic carbocycles. The Morgan fingerprint density at radius 2 is 1.15 bits per heavy atom. The number of rotatable bonds is 11. The highest BCUT2D eigenvalue weighted by Gasteiger charge is 2.44. The Hall–Kier alpha value is -4.66. The standard InChI is InChI=1S/C22H27NO4.C17H19NO2/c1-23(2)21(24)20(22(25)12-14-26-15-13-22)18-8-10-19(11-9-18)27-16-17-6-4-3-5-7-17;1-18(2)17(19)12-14-8-10-16(11-9-14)20-13-15-6-4-3-5-7-15/h3-11,20,25H,12-16H2,1-2H3;3-11H,12-13H2,1-2H3. The summed E-state index contributed by atoms with van der Waals surface area (Å²) in [7, 11) is 6.96. The minimum atomic E-state index is -1.09. The summed E-state index contributed by atoms with van der Waals surface area (Å²) in [5.41, 5.74) is 2.94. The topological polar surface area (TPSA) is 88.5 Å². The van der Waals surface area contributed by atoms with Gasteiger partial charge >= 0.3 is 0 Å². The molecule has 248 valence electrons. The molecule has 0 aromatic heterocycles. The molecular weight excluding hydrogens is 592 g/mol. The molecule has 1 N–H and O–H groups in total. The van der Waals surface area contributed by atoms with Crippen molar-refractivity contribution in [2.45, 2.75) is 44.0 Å². The maximum Gasteiger partial charge on any atom is 0.232 e. The van der Waals surface area contributed by atoms with Gasteiger partial charge in [-0.05, 0) is 46.5 Å². The maximum absolute atomic E-state index is 12.8. The maximum atomic E-state index is 12.8. The highest BCUT2D eigenvalue weighted by atomic mass is 16.5. The third-order valence-corrected chi connectivity index (χ3v) is 8.07. The predicted molar refractivity (Wildman–Crippen MR) is 183 cm³/mol. The number of hydrogen-bond acceptors (Lipinski definition) is 6. The van der Waals surface area contributed by atoms with Gasteiger partial charge in [0.05, 0.1) is 17.9 Å². The van der Waals surface area contributed by atoms with Crippen molar-refractivity contribution in [1.29, 1.82) is 0 Å². The van der Waals surface area contributed by atoms with Crippen LogP contribution >= 0.6 is 0 Å². The summed E-state index contributed by atoms with van der Waals surface area (Å²) < 4.78 is 16.9. The van der Waals surface area contributed by atoms with Gasteiger partial charge in [0.2, 0.25) is 11.8 Å². The minimum Gasteiger partial charge on any atom is -0.489 e. The smallest absolute Gasteiger partial charge is 0.232 e. The molecule has 4 aromatic rings. The van der Waals surface area contributed by atoms with E-state index in [-0.39, 0.29) is 11.8 Å². The van der Waals surface area contributed by atoms with Crippen molar-refractivity contribution in [2.24, 2.45) is 0 Å². The van der Waals surface area contributed by atoms with Crippen LogP contribution in [0, 0.1) is 0 Å². The van der Waals surface area contributed by atoms with Crippen LogP contribution in [-0.4, -0.2) is 73.7 Å². The lowest BCUT2D eigenvalue weighted by Gasteiger charge is -2.39. The lowest BCUT2D eigenvalue weighted by atomic mass is 9.76. The van der Waals surface area contributed by atoms with Gasteiger partial charge in [-0.25, -0.2) is 0 Å². The fourth-order valence-electron chi connectivity index (χ4n) is 5.23. The number of carbonyl (C=O) groups is 2. The van der Waals surface area contributed by atoms with E-state index in [1.807, 2.05) is 109 Å². The number of amides is 2. The second-order valence-corrected chi connectivity index (χ2v) is 12.1. The minimum absolute atomic E-state index is 0.0997. The lowest BCUT2D eigenvalue weighted by Crippen LogP contribution is -2.48. The Morgan fingerprint density at radius 1 is 0.681 bits per heavy atom. The Kier molecular flexibility index (Phi) is 13.0. The third kappa shape index (κ3) is 10.7. The van der Waals surface area contributed by atoms with Gasteiger partial charge in [-0.1, -0.05) is 84.9 Å². The summed E-state index contributed by atoms with van der Waals surface area (Å²) in [4.78, 5) is 27.6. The molecule has 1 atom stereocenters. The molecule has 1 heterocycles. The van der Waals surface area contributed by atoms with E-state index in [0.29, 0.717) is 45.7 Å². The number of aliphatic hydroxyl groups is 1. The summed E-state index contributed by atoms with van der Waals surface area (Å²) in [5, 5.41) is 11.2. The fraction of sp³-hybridized carbons (Fsp3) is 0.333. The normalized spacial score (nSPS) is 14.1. The molecule has 1 aliphatic rings. The van der Waals surface area contributed by atoms with Gasteiger partial charge in [-0.2, -0.15) is 0 Å². The summed E-state index contributed by atoms with van der Waals surface area (Å²) in [6.07, 6.45) is 1.32. The third-order valence-electron chi connectivity index (χ3n) is 8.07. The van der Waals surface area contributed by atoms with Crippen molar-refractivity contribution in [2.75, 3.05) is 41.4 Å². The second kappa shape index (κ2) is 17.3. The molecular formula is C39H46N2O6. The molecule has 4 aromatic carbocycles. The van der Waals surface area contributed by atoms with Gasteiger partial charge in [-0.15, -0.1) is 0 Å².